The Balaban J connectivity index is 2.40. The fraction of sp³-hybridized carbons (Fsp3) is 0.615. The lowest BCUT2D eigenvalue weighted by atomic mass is 10.1. The van der Waals surface area contributed by atoms with Crippen molar-refractivity contribution in [3.63, 3.8) is 0 Å². The van der Waals surface area contributed by atoms with Crippen LogP contribution in [0.15, 0.2) is 4.79 Å². The smallest absolute Gasteiger partial charge is 0.348 e. The van der Waals surface area contributed by atoms with E-state index in [1.807, 2.05) is 6.92 Å². The number of rotatable bonds is 4. The van der Waals surface area contributed by atoms with Gasteiger partial charge >= 0.3 is 11.7 Å². The van der Waals surface area contributed by atoms with Crippen molar-refractivity contribution in [2.75, 3.05) is 0 Å². The summed E-state index contributed by atoms with van der Waals surface area (Å²) < 4.78 is 1.73. The number of aryl methyl sites for hydroxylation is 1. The van der Waals surface area contributed by atoms with E-state index in [1.165, 1.54) is 0 Å². The van der Waals surface area contributed by atoms with Crippen molar-refractivity contribution >= 4 is 5.97 Å². The number of carboxylic acids is 1. The Labute approximate surface area is 105 Å². The van der Waals surface area contributed by atoms with Gasteiger partial charge in [0.15, 0.2) is 0 Å². The number of aromatic nitrogens is 2. The molecule has 2 unspecified atom stereocenters. The molecule has 0 aliphatic heterocycles. The Morgan fingerprint density at radius 2 is 2.11 bits per heavy atom. The molecule has 2 atom stereocenters. The molecule has 1 fully saturated rings. The van der Waals surface area contributed by atoms with Gasteiger partial charge in [0.2, 0.25) is 0 Å². The highest BCUT2D eigenvalue weighted by atomic mass is 16.4. The van der Waals surface area contributed by atoms with Crippen molar-refractivity contribution in [2.24, 2.45) is 5.92 Å². The molecule has 1 aromatic heterocycles. The Kier molecular flexibility index (Phi) is 3.24. The SMILES string of the molecule is Cc1nc(=O)n(C2CC2C)c(C)c1CCC(=O)O. The second kappa shape index (κ2) is 4.55. The normalized spacial score (nSPS) is 21.9. The molecule has 18 heavy (non-hydrogen) atoms. The van der Waals surface area contributed by atoms with Crippen LogP contribution in [0.4, 0.5) is 0 Å². The Morgan fingerprint density at radius 3 is 2.61 bits per heavy atom. The molecule has 0 bridgehead atoms. The van der Waals surface area contributed by atoms with E-state index in [1.54, 1.807) is 11.5 Å². The van der Waals surface area contributed by atoms with Crippen LogP contribution in [-0.4, -0.2) is 20.6 Å². The van der Waals surface area contributed by atoms with Crippen molar-refractivity contribution in [3.8, 4) is 0 Å². The molecule has 5 nitrogen and oxygen atoms in total. The van der Waals surface area contributed by atoms with E-state index >= 15 is 0 Å². The molecule has 98 valence electrons. The maximum Gasteiger partial charge on any atom is 0.348 e. The van der Waals surface area contributed by atoms with Gasteiger partial charge in [-0.05, 0) is 38.2 Å². The highest BCUT2D eigenvalue weighted by Crippen LogP contribution is 2.42. The molecule has 2 rings (SSSR count). The molecule has 0 radical (unpaired) electrons. The molecule has 1 saturated carbocycles. The minimum Gasteiger partial charge on any atom is -0.481 e. The van der Waals surface area contributed by atoms with Crippen LogP contribution in [0.25, 0.3) is 0 Å². The van der Waals surface area contributed by atoms with Gasteiger partial charge in [-0.3, -0.25) is 9.36 Å². The zero-order chi connectivity index (χ0) is 13.4. The summed E-state index contributed by atoms with van der Waals surface area (Å²) in [5, 5.41) is 8.76. The second-order valence-electron chi connectivity index (χ2n) is 5.09. The average Bonchev–Trinajstić information content (AvgIpc) is 2.93. The quantitative estimate of drug-likeness (QED) is 0.878. The summed E-state index contributed by atoms with van der Waals surface area (Å²) in [5.74, 6) is -0.315. The van der Waals surface area contributed by atoms with Crippen molar-refractivity contribution in [1.29, 1.82) is 0 Å². The molecular formula is C13H18N2O3. The number of hydrogen-bond donors (Lipinski definition) is 1. The summed E-state index contributed by atoms with van der Waals surface area (Å²) in [6.07, 6.45) is 1.51. The molecule has 1 aliphatic rings. The lowest BCUT2D eigenvalue weighted by molar-refractivity contribution is -0.136. The maximum atomic E-state index is 11.9. The van der Waals surface area contributed by atoms with Crippen molar-refractivity contribution in [3.05, 3.63) is 27.4 Å². The van der Waals surface area contributed by atoms with Gasteiger partial charge in [0.25, 0.3) is 0 Å². The van der Waals surface area contributed by atoms with E-state index in [-0.39, 0.29) is 18.2 Å². The molecule has 1 heterocycles. The molecule has 5 heteroatoms. The first kappa shape index (κ1) is 12.8. The number of carboxylic acid groups (broad SMARTS) is 1. The van der Waals surface area contributed by atoms with Crippen LogP contribution in [0.3, 0.4) is 0 Å². The zero-order valence-corrected chi connectivity index (χ0v) is 10.9. The van der Waals surface area contributed by atoms with Gasteiger partial charge in [-0.15, -0.1) is 0 Å². The highest BCUT2D eigenvalue weighted by Gasteiger charge is 2.36. The van der Waals surface area contributed by atoms with E-state index in [9.17, 15) is 9.59 Å². The van der Waals surface area contributed by atoms with E-state index in [0.717, 1.165) is 17.7 Å². The first-order valence-electron chi connectivity index (χ1n) is 6.22. The molecule has 1 N–H and O–H groups in total. The molecule has 0 aromatic carbocycles. The van der Waals surface area contributed by atoms with Crippen LogP contribution >= 0.6 is 0 Å². The van der Waals surface area contributed by atoms with Gasteiger partial charge in [0, 0.05) is 23.9 Å². The van der Waals surface area contributed by atoms with Crippen molar-refractivity contribution in [1.82, 2.24) is 9.55 Å². The standard InChI is InChI=1S/C13H18N2O3/c1-7-6-11(7)15-9(3)10(4-5-12(16)17)8(2)14-13(15)18/h7,11H,4-6H2,1-3H3,(H,16,17). The fourth-order valence-corrected chi connectivity index (χ4v) is 2.46. The van der Waals surface area contributed by atoms with Crippen LogP contribution < -0.4 is 5.69 Å². The van der Waals surface area contributed by atoms with Gasteiger partial charge in [-0.25, -0.2) is 4.79 Å². The van der Waals surface area contributed by atoms with Gasteiger partial charge in [0.1, 0.15) is 0 Å². The molecule has 1 aromatic rings. The monoisotopic (exact) mass is 250 g/mol. The number of nitrogens with zero attached hydrogens (tertiary/aromatic N) is 2. The number of aliphatic carboxylic acids is 1. The van der Waals surface area contributed by atoms with E-state index in [0.29, 0.717) is 18.0 Å². The molecular weight excluding hydrogens is 232 g/mol. The minimum atomic E-state index is -0.827. The highest BCUT2D eigenvalue weighted by molar-refractivity contribution is 5.67. The lowest BCUT2D eigenvalue weighted by Crippen LogP contribution is -2.27. The fourth-order valence-electron chi connectivity index (χ4n) is 2.46. The van der Waals surface area contributed by atoms with E-state index in [2.05, 4.69) is 11.9 Å². The zero-order valence-electron chi connectivity index (χ0n) is 10.9. The summed E-state index contributed by atoms with van der Waals surface area (Å²) in [6.45, 7) is 5.76. The third-order valence-electron chi connectivity index (χ3n) is 3.69. The van der Waals surface area contributed by atoms with Crippen LogP contribution in [0.2, 0.25) is 0 Å². The van der Waals surface area contributed by atoms with Crippen molar-refractivity contribution < 1.29 is 9.90 Å². The summed E-state index contributed by atoms with van der Waals surface area (Å²) in [7, 11) is 0. The largest absolute Gasteiger partial charge is 0.481 e. The predicted molar refractivity (Wildman–Crippen MR) is 66.7 cm³/mol. The predicted octanol–water partition coefficient (Wildman–Crippen LogP) is 1.46. The number of carbonyl (C=O) groups is 1. The lowest BCUT2D eigenvalue weighted by Gasteiger charge is -2.14. The second-order valence-corrected chi connectivity index (χ2v) is 5.09. The Morgan fingerprint density at radius 1 is 1.50 bits per heavy atom. The summed E-state index contributed by atoms with van der Waals surface area (Å²) in [6, 6.07) is 0.245. The van der Waals surface area contributed by atoms with Crippen LogP contribution in [0, 0.1) is 19.8 Å². The van der Waals surface area contributed by atoms with E-state index in [4.69, 9.17) is 5.11 Å². The molecule has 0 saturated heterocycles. The summed E-state index contributed by atoms with van der Waals surface area (Å²) >= 11 is 0. The van der Waals surface area contributed by atoms with Crippen LogP contribution in [0.5, 0.6) is 0 Å². The first-order chi connectivity index (χ1) is 8.41. The average molecular weight is 250 g/mol. The van der Waals surface area contributed by atoms with Crippen LogP contribution in [-0.2, 0) is 11.2 Å². The Bertz CT molecular complexity index is 548. The summed E-state index contributed by atoms with van der Waals surface area (Å²) in [4.78, 5) is 26.6. The molecule has 0 spiro atoms. The van der Waals surface area contributed by atoms with Gasteiger partial charge in [0.05, 0.1) is 0 Å². The number of hydrogen-bond acceptors (Lipinski definition) is 3. The third-order valence-corrected chi connectivity index (χ3v) is 3.69. The van der Waals surface area contributed by atoms with Gasteiger partial charge in [-0.2, -0.15) is 4.98 Å². The van der Waals surface area contributed by atoms with Gasteiger partial charge in [-0.1, -0.05) is 6.92 Å². The summed E-state index contributed by atoms with van der Waals surface area (Å²) in [5.41, 5.74) is 2.22. The van der Waals surface area contributed by atoms with Crippen molar-refractivity contribution in [2.45, 2.75) is 46.1 Å². The van der Waals surface area contributed by atoms with E-state index < -0.39 is 5.97 Å². The van der Waals surface area contributed by atoms with Gasteiger partial charge < -0.3 is 5.11 Å². The Hall–Kier alpha value is -1.65. The minimum absolute atomic E-state index is 0.0712. The maximum absolute atomic E-state index is 11.9. The topological polar surface area (TPSA) is 72.2 Å². The first-order valence-corrected chi connectivity index (χ1v) is 6.22. The molecule has 1 aliphatic carbocycles. The third kappa shape index (κ3) is 2.30. The molecule has 0 amide bonds. The van der Waals surface area contributed by atoms with Crippen LogP contribution in [0.1, 0.15) is 42.8 Å².